The molecule has 1 saturated carbocycles. The Balaban J connectivity index is 1.20. The molecule has 37 heavy (non-hydrogen) atoms. The number of likely N-dealkylation sites (tertiary alicyclic amines) is 1. The van der Waals surface area contributed by atoms with Crippen LogP contribution >= 0.6 is 0 Å². The van der Waals surface area contributed by atoms with Crippen LogP contribution in [-0.2, 0) is 17.8 Å². The topological polar surface area (TPSA) is 112 Å². The van der Waals surface area contributed by atoms with E-state index in [-0.39, 0.29) is 11.8 Å². The predicted octanol–water partition coefficient (Wildman–Crippen LogP) is 2.39. The monoisotopic (exact) mass is 506 g/mol. The fraction of sp³-hybridized carbons (Fsp3) is 0.577. The molecule has 6 rings (SSSR count). The first-order valence-corrected chi connectivity index (χ1v) is 12.9. The van der Waals surface area contributed by atoms with Crippen molar-refractivity contribution < 1.29 is 9.53 Å². The number of piperidine rings is 1. The van der Waals surface area contributed by atoms with Gasteiger partial charge >= 0.3 is 11.8 Å². The molecule has 2 fully saturated rings. The van der Waals surface area contributed by atoms with Gasteiger partial charge in [-0.2, -0.15) is 10.1 Å². The summed E-state index contributed by atoms with van der Waals surface area (Å²) < 4.78 is 7.23. The number of nitrogens with one attached hydrogen (secondary N) is 1. The van der Waals surface area contributed by atoms with E-state index in [0.29, 0.717) is 49.2 Å². The Hall–Kier alpha value is -3.63. The van der Waals surface area contributed by atoms with E-state index in [1.807, 2.05) is 25.7 Å². The molecule has 3 atom stereocenters. The number of aryl methyl sites for hydroxylation is 1. The first-order valence-electron chi connectivity index (χ1n) is 12.9. The summed E-state index contributed by atoms with van der Waals surface area (Å²) in [6.45, 7) is 11.8. The first-order chi connectivity index (χ1) is 17.6. The van der Waals surface area contributed by atoms with Crippen molar-refractivity contribution in [3.8, 4) is 0 Å². The lowest BCUT2D eigenvalue weighted by atomic mass is 10.1. The summed E-state index contributed by atoms with van der Waals surface area (Å²) in [6, 6.07) is 6.28. The summed E-state index contributed by atoms with van der Waals surface area (Å²) in [5.41, 5.74) is 1.40. The molecule has 0 radical (unpaired) electrons. The van der Waals surface area contributed by atoms with Crippen LogP contribution in [0.15, 0.2) is 23.0 Å². The summed E-state index contributed by atoms with van der Waals surface area (Å²) in [4.78, 5) is 40.5. The first kappa shape index (κ1) is 23.7. The lowest BCUT2D eigenvalue weighted by Crippen LogP contribution is -2.38. The Morgan fingerprint density at radius 2 is 1.95 bits per heavy atom. The molecule has 1 aromatic carbocycles. The van der Waals surface area contributed by atoms with E-state index in [1.54, 1.807) is 4.57 Å². The maximum Gasteiger partial charge on any atom is 0.410 e. The van der Waals surface area contributed by atoms with E-state index in [0.717, 1.165) is 41.9 Å². The number of ether oxygens (including phenoxy) is 1. The number of aromatic amines is 1. The van der Waals surface area contributed by atoms with Gasteiger partial charge in [-0.3, -0.25) is 4.57 Å². The number of nitrogens with zero attached hydrogens (tertiary/aromatic N) is 7. The van der Waals surface area contributed by atoms with Crippen LogP contribution in [0.25, 0.3) is 10.9 Å². The predicted molar refractivity (Wildman–Crippen MR) is 140 cm³/mol. The Morgan fingerprint density at radius 1 is 1.19 bits per heavy atom. The summed E-state index contributed by atoms with van der Waals surface area (Å²) in [5.74, 6) is 3.77. The zero-order valence-corrected chi connectivity index (χ0v) is 22.1. The van der Waals surface area contributed by atoms with Crippen molar-refractivity contribution in [1.82, 2.24) is 29.6 Å². The Morgan fingerprint density at radius 3 is 2.68 bits per heavy atom. The van der Waals surface area contributed by atoms with Gasteiger partial charge in [-0.1, -0.05) is 6.07 Å². The minimum atomic E-state index is -0.476. The molecule has 1 saturated heterocycles. The quantitative estimate of drug-likeness (QED) is 0.574. The molecular weight excluding hydrogens is 472 g/mol. The Labute approximate surface area is 215 Å². The van der Waals surface area contributed by atoms with Crippen molar-refractivity contribution >= 4 is 28.8 Å². The smallest absolute Gasteiger partial charge is 0.410 e. The number of amides is 1. The molecule has 1 N–H and O–H groups in total. The highest BCUT2D eigenvalue weighted by Crippen LogP contribution is 2.52. The molecule has 3 aromatic rings. The van der Waals surface area contributed by atoms with Crippen molar-refractivity contribution in [2.24, 2.45) is 17.8 Å². The van der Waals surface area contributed by atoms with Gasteiger partial charge in [0.1, 0.15) is 11.4 Å². The zero-order valence-electron chi connectivity index (χ0n) is 22.1. The number of hydrogen-bond acceptors (Lipinski definition) is 8. The molecule has 196 valence electrons. The minimum absolute atomic E-state index is 0.176. The maximum atomic E-state index is 12.5. The highest BCUT2D eigenvalue weighted by molar-refractivity contribution is 5.91. The number of aromatic nitrogens is 5. The second-order valence-corrected chi connectivity index (χ2v) is 11.6. The number of carbonyl (C=O) groups excluding carboxylic acids is 1. The van der Waals surface area contributed by atoms with Crippen LogP contribution in [-0.4, -0.2) is 74.6 Å². The molecule has 11 heteroatoms. The third kappa shape index (κ3) is 4.40. The summed E-state index contributed by atoms with van der Waals surface area (Å²) >= 11 is 0. The van der Waals surface area contributed by atoms with Gasteiger partial charge in [0.15, 0.2) is 5.82 Å². The van der Waals surface area contributed by atoms with Gasteiger partial charge in [0.05, 0.1) is 12.1 Å². The van der Waals surface area contributed by atoms with Gasteiger partial charge in [-0.05, 0) is 63.1 Å². The number of hydrogen-bond donors (Lipinski definition) is 1. The fourth-order valence-electron chi connectivity index (χ4n) is 5.78. The number of rotatable bonds is 4. The van der Waals surface area contributed by atoms with Crippen LogP contribution in [0.3, 0.4) is 0 Å². The number of anilines is 2. The maximum absolute atomic E-state index is 12.5. The van der Waals surface area contributed by atoms with Crippen molar-refractivity contribution in [2.75, 3.05) is 43.0 Å². The molecule has 1 amide bonds. The van der Waals surface area contributed by atoms with Crippen LogP contribution in [0, 0.1) is 24.7 Å². The number of fused-ring (bicyclic) bond motifs is 3. The van der Waals surface area contributed by atoms with E-state index in [9.17, 15) is 9.59 Å². The van der Waals surface area contributed by atoms with Crippen molar-refractivity contribution in [3.05, 3.63) is 40.1 Å². The van der Waals surface area contributed by atoms with Gasteiger partial charge in [0, 0.05) is 45.2 Å². The SMILES string of the molecule is Cc1ccc2c(N(C)CC3[C@H]4CN(C(=O)OC(C)(C)C)C[C@@H]34)nc(N3CCn4c(n[nH]c4=O)C3)nc2c1. The highest BCUT2D eigenvalue weighted by atomic mass is 16.6. The van der Waals surface area contributed by atoms with Crippen LogP contribution in [0.1, 0.15) is 32.2 Å². The lowest BCUT2D eigenvalue weighted by molar-refractivity contribution is 0.0266. The minimum Gasteiger partial charge on any atom is -0.444 e. The third-order valence-corrected chi connectivity index (χ3v) is 7.74. The van der Waals surface area contributed by atoms with Gasteiger partial charge in [0.2, 0.25) is 5.95 Å². The number of benzene rings is 1. The molecule has 11 nitrogen and oxygen atoms in total. The van der Waals surface area contributed by atoms with Crippen molar-refractivity contribution in [3.63, 3.8) is 0 Å². The zero-order chi connectivity index (χ0) is 26.1. The van der Waals surface area contributed by atoms with Gasteiger partial charge in [-0.25, -0.2) is 19.7 Å². The molecule has 4 heterocycles. The summed E-state index contributed by atoms with van der Waals surface area (Å²) in [7, 11) is 2.09. The second kappa shape index (κ2) is 8.46. The molecule has 2 aromatic heterocycles. The summed E-state index contributed by atoms with van der Waals surface area (Å²) in [6.07, 6.45) is -0.211. The average molecular weight is 507 g/mol. The molecule has 0 spiro atoms. The Kier molecular flexibility index (Phi) is 5.43. The molecule has 1 aliphatic carbocycles. The summed E-state index contributed by atoms with van der Waals surface area (Å²) in [5, 5.41) is 7.72. The standard InChI is InChI=1S/C26H34N8O3/c1-15-6-7-16-20(10-15)27-23(32-8-9-34-21(14-32)29-30-24(34)35)28-22(16)31(5)11-17-18-12-33(13-19(17)18)25(36)37-26(2,3)4/h6-7,10,17-19H,8-9,11-14H2,1-5H3,(H,30,35)/t17?,18-,19+. The van der Waals surface area contributed by atoms with Crippen LogP contribution in [0.2, 0.25) is 0 Å². The van der Waals surface area contributed by atoms with Crippen molar-refractivity contribution in [1.29, 1.82) is 0 Å². The largest absolute Gasteiger partial charge is 0.444 e. The molecule has 1 unspecified atom stereocenters. The second-order valence-electron chi connectivity index (χ2n) is 11.6. The van der Waals surface area contributed by atoms with E-state index in [1.165, 1.54) is 0 Å². The van der Waals surface area contributed by atoms with Gasteiger partial charge < -0.3 is 19.4 Å². The number of H-pyrrole nitrogens is 1. The molecular formula is C26H34N8O3. The van der Waals surface area contributed by atoms with Gasteiger partial charge in [0.25, 0.3) is 0 Å². The van der Waals surface area contributed by atoms with E-state index >= 15 is 0 Å². The lowest BCUT2D eigenvalue weighted by Gasteiger charge is -2.29. The van der Waals surface area contributed by atoms with E-state index in [2.05, 4.69) is 52.2 Å². The molecule has 2 aliphatic heterocycles. The van der Waals surface area contributed by atoms with E-state index in [4.69, 9.17) is 14.7 Å². The van der Waals surface area contributed by atoms with Gasteiger partial charge in [-0.15, -0.1) is 0 Å². The Bertz CT molecular complexity index is 1410. The van der Waals surface area contributed by atoms with E-state index < -0.39 is 5.60 Å². The van der Waals surface area contributed by atoms with Crippen LogP contribution in [0.4, 0.5) is 16.6 Å². The van der Waals surface area contributed by atoms with Crippen molar-refractivity contribution in [2.45, 2.75) is 46.4 Å². The average Bonchev–Trinajstić information content (AvgIpc) is 3.16. The van der Waals surface area contributed by atoms with Crippen LogP contribution in [0.5, 0.6) is 0 Å². The molecule has 0 bridgehead atoms. The normalized spacial score (nSPS) is 22.7. The number of carbonyl (C=O) groups is 1. The fourth-order valence-corrected chi connectivity index (χ4v) is 5.78. The third-order valence-electron chi connectivity index (χ3n) is 7.74. The molecule has 3 aliphatic rings. The highest BCUT2D eigenvalue weighted by Gasteiger charge is 2.57. The van der Waals surface area contributed by atoms with Crippen LogP contribution < -0.4 is 15.5 Å².